The third kappa shape index (κ3) is 4.89. The monoisotopic (exact) mass is 474 g/mol. The number of primary amides is 1. The molecule has 174 valence electrons. The molecule has 0 radical (unpaired) electrons. The van der Waals surface area contributed by atoms with E-state index in [0.29, 0.717) is 16.3 Å². The van der Waals surface area contributed by atoms with Gasteiger partial charge in [0.2, 0.25) is 0 Å². The van der Waals surface area contributed by atoms with Crippen molar-refractivity contribution < 1.29 is 9.59 Å². The molecular formula is C25H26N6O2S. The zero-order chi connectivity index (χ0) is 24.4. The van der Waals surface area contributed by atoms with Gasteiger partial charge >= 0.3 is 0 Å². The standard InChI is InChI=1S/C25H26N6O2S/c1-14(2)31-23(26)21(24(27)33)22(30-31)17-9-7-16(8-10-17)12-19(32)13-20-28-29-25(34-20)18-6-4-5-15(3)11-18/h4-11,14H,12-13,26H2,1-3H3,(H2,27,33). The summed E-state index contributed by atoms with van der Waals surface area (Å²) >= 11 is 1.43. The first-order valence-electron chi connectivity index (χ1n) is 10.9. The van der Waals surface area contributed by atoms with Gasteiger partial charge in [-0.05, 0) is 32.4 Å². The smallest absolute Gasteiger partial charge is 0.254 e. The summed E-state index contributed by atoms with van der Waals surface area (Å²) in [4.78, 5) is 24.6. The molecular weight excluding hydrogens is 448 g/mol. The molecule has 0 aliphatic rings. The number of carbonyl (C=O) groups excluding carboxylic acids is 2. The SMILES string of the molecule is Cc1cccc(-c2nnc(CC(=O)Cc3ccc(-c4nn(C(C)C)c(N)c4C(N)=O)cc3)s2)c1. The Morgan fingerprint density at radius 1 is 1.03 bits per heavy atom. The lowest BCUT2D eigenvalue weighted by atomic mass is 10.0. The molecule has 4 N–H and O–H groups in total. The second-order valence-electron chi connectivity index (χ2n) is 8.47. The summed E-state index contributed by atoms with van der Waals surface area (Å²) in [6.45, 7) is 5.88. The third-order valence-electron chi connectivity index (χ3n) is 5.39. The minimum atomic E-state index is -0.624. The minimum Gasteiger partial charge on any atom is -0.383 e. The molecule has 8 nitrogen and oxygen atoms in total. The van der Waals surface area contributed by atoms with E-state index < -0.39 is 5.91 Å². The Hall–Kier alpha value is -3.85. The van der Waals surface area contributed by atoms with Crippen molar-refractivity contribution in [3.05, 3.63) is 70.2 Å². The largest absolute Gasteiger partial charge is 0.383 e. The van der Waals surface area contributed by atoms with Gasteiger partial charge in [-0.3, -0.25) is 9.59 Å². The molecule has 4 aromatic rings. The highest BCUT2D eigenvalue weighted by atomic mass is 32.1. The Morgan fingerprint density at radius 2 is 1.76 bits per heavy atom. The van der Waals surface area contributed by atoms with Crippen LogP contribution in [-0.2, 0) is 17.6 Å². The molecule has 2 aromatic carbocycles. The molecule has 9 heteroatoms. The lowest BCUT2D eigenvalue weighted by Gasteiger charge is -2.06. The molecule has 4 rings (SSSR count). The Balaban J connectivity index is 1.46. The predicted molar refractivity (Wildman–Crippen MR) is 133 cm³/mol. The van der Waals surface area contributed by atoms with E-state index in [0.717, 1.165) is 21.7 Å². The van der Waals surface area contributed by atoms with Gasteiger partial charge in [0.15, 0.2) is 0 Å². The number of rotatable bonds is 8. The lowest BCUT2D eigenvalue weighted by Crippen LogP contribution is -2.15. The van der Waals surface area contributed by atoms with Gasteiger partial charge in [-0.2, -0.15) is 5.10 Å². The van der Waals surface area contributed by atoms with E-state index in [1.165, 1.54) is 11.3 Å². The minimum absolute atomic E-state index is 0.0180. The summed E-state index contributed by atoms with van der Waals surface area (Å²) in [7, 11) is 0. The van der Waals surface area contributed by atoms with Crippen LogP contribution < -0.4 is 11.5 Å². The predicted octanol–water partition coefficient (Wildman–Crippen LogP) is 3.99. The molecule has 2 aromatic heterocycles. The van der Waals surface area contributed by atoms with Gasteiger partial charge in [0.05, 0.1) is 6.42 Å². The highest BCUT2D eigenvalue weighted by Gasteiger charge is 2.22. The number of aromatic nitrogens is 4. The van der Waals surface area contributed by atoms with E-state index in [1.54, 1.807) is 4.68 Å². The molecule has 0 atom stereocenters. The van der Waals surface area contributed by atoms with Crippen molar-refractivity contribution in [3.8, 4) is 21.8 Å². The zero-order valence-electron chi connectivity index (χ0n) is 19.3. The lowest BCUT2D eigenvalue weighted by molar-refractivity contribution is -0.117. The first-order valence-corrected chi connectivity index (χ1v) is 11.7. The fraction of sp³-hybridized carbons (Fsp3) is 0.240. The van der Waals surface area contributed by atoms with Crippen LogP contribution in [0.5, 0.6) is 0 Å². The Labute approximate surface area is 201 Å². The number of hydrogen-bond donors (Lipinski definition) is 2. The molecule has 0 aliphatic carbocycles. The maximum absolute atomic E-state index is 12.6. The fourth-order valence-electron chi connectivity index (χ4n) is 3.75. The molecule has 0 unspecified atom stereocenters. The van der Waals surface area contributed by atoms with Crippen molar-refractivity contribution in [2.75, 3.05) is 5.73 Å². The first-order chi connectivity index (χ1) is 16.2. The van der Waals surface area contributed by atoms with Gasteiger partial charge in [0.25, 0.3) is 5.91 Å². The van der Waals surface area contributed by atoms with Crippen molar-refractivity contribution in [1.82, 2.24) is 20.0 Å². The van der Waals surface area contributed by atoms with E-state index >= 15 is 0 Å². The van der Waals surface area contributed by atoms with Crippen molar-refractivity contribution in [2.24, 2.45) is 5.73 Å². The second-order valence-corrected chi connectivity index (χ2v) is 9.53. The van der Waals surface area contributed by atoms with Crippen molar-refractivity contribution >= 4 is 28.8 Å². The van der Waals surface area contributed by atoms with E-state index in [4.69, 9.17) is 11.5 Å². The van der Waals surface area contributed by atoms with E-state index in [9.17, 15) is 9.59 Å². The van der Waals surface area contributed by atoms with Crippen LogP contribution in [0.4, 0.5) is 5.82 Å². The first kappa shape index (κ1) is 23.3. The van der Waals surface area contributed by atoms with Crippen LogP contribution >= 0.6 is 11.3 Å². The highest BCUT2D eigenvalue weighted by Crippen LogP contribution is 2.29. The van der Waals surface area contributed by atoms with Gasteiger partial charge in [0, 0.05) is 23.6 Å². The van der Waals surface area contributed by atoms with Crippen molar-refractivity contribution in [1.29, 1.82) is 0 Å². The maximum Gasteiger partial charge on any atom is 0.254 e. The molecule has 0 saturated carbocycles. The Bertz CT molecular complexity index is 1350. The third-order valence-corrected chi connectivity index (χ3v) is 6.36. The van der Waals surface area contributed by atoms with Crippen molar-refractivity contribution in [2.45, 2.75) is 39.7 Å². The van der Waals surface area contributed by atoms with Gasteiger partial charge in [-0.1, -0.05) is 59.4 Å². The van der Waals surface area contributed by atoms with Crippen LogP contribution in [0, 0.1) is 6.92 Å². The van der Waals surface area contributed by atoms with Crippen LogP contribution in [0.2, 0.25) is 0 Å². The van der Waals surface area contributed by atoms with Crippen molar-refractivity contribution in [3.63, 3.8) is 0 Å². The van der Waals surface area contributed by atoms with Crippen LogP contribution in [0.25, 0.3) is 21.8 Å². The molecule has 0 saturated heterocycles. The number of ketones is 1. The molecule has 0 bridgehead atoms. The number of anilines is 1. The number of carbonyl (C=O) groups is 2. The highest BCUT2D eigenvalue weighted by molar-refractivity contribution is 7.14. The normalized spacial score (nSPS) is 11.2. The second kappa shape index (κ2) is 9.56. The van der Waals surface area contributed by atoms with E-state index in [1.807, 2.05) is 63.2 Å². The quantitative estimate of drug-likeness (QED) is 0.397. The van der Waals surface area contributed by atoms with Crippen LogP contribution in [0.15, 0.2) is 48.5 Å². The number of nitrogen functional groups attached to an aromatic ring is 1. The maximum atomic E-state index is 12.6. The molecule has 2 heterocycles. The van der Waals surface area contributed by atoms with Crippen LogP contribution in [-0.4, -0.2) is 31.7 Å². The van der Waals surface area contributed by atoms with Gasteiger partial charge < -0.3 is 11.5 Å². The summed E-state index contributed by atoms with van der Waals surface area (Å²) in [5, 5.41) is 14.4. The molecule has 0 fully saturated rings. The van der Waals surface area contributed by atoms with E-state index in [2.05, 4.69) is 21.4 Å². The summed E-state index contributed by atoms with van der Waals surface area (Å²) in [5.41, 5.74) is 16.0. The number of benzene rings is 2. The number of amides is 1. The molecule has 0 spiro atoms. The number of nitrogens with two attached hydrogens (primary N) is 2. The van der Waals surface area contributed by atoms with Gasteiger partial charge in [-0.15, -0.1) is 10.2 Å². The van der Waals surface area contributed by atoms with E-state index in [-0.39, 0.29) is 36.0 Å². The van der Waals surface area contributed by atoms with Gasteiger partial charge in [-0.25, -0.2) is 4.68 Å². The number of aryl methyl sites for hydroxylation is 1. The van der Waals surface area contributed by atoms with Crippen LogP contribution in [0.1, 0.15) is 46.4 Å². The molecule has 34 heavy (non-hydrogen) atoms. The Morgan fingerprint density at radius 3 is 2.41 bits per heavy atom. The Kier molecular flexibility index (Phi) is 6.56. The molecule has 1 amide bonds. The topological polar surface area (TPSA) is 130 Å². The zero-order valence-corrected chi connectivity index (χ0v) is 20.1. The summed E-state index contributed by atoms with van der Waals surface area (Å²) in [5.74, 6) is -0.328. The number of hydrogen-bond acceptors (Lipinski definition) is 7. The summed E-state index contributed by atoms with van der Waals surface area (Å²) in [6.07, 6.45) is 0.497. The number of Topliss-reactive ketones (excluding diaryl/α,β-unsaturated/α-hetero) is 1. The number of nitrogens with zero attached hydrogens (tertiary/aromatic N) is 4. The van der Waals surface area contributed by atoms with Gasteiger partial charge in [0.1, 0.15) is 32.9 Å². The fourth-order valence-corrected chi connectivity index (χ4v) is 4.61. The summed E-state index contributed by atoms with van der Waals surface area (Å²) < 4.78 is 1.58. The molecule has 0 aliphatic heterocycles. The van der Waals surface area contributed by atoms with Crippen LogP contribution in [0.3, 0.4) is 0 Å². The average Bonchev–Trinajstić information content (AvgIpc) is 3.38. The summed E-state index contributed by atoms with van der Waals surface area (Å²) in [6, 6.07) is 15.4. The average molecular weight is 475 g/mol.